The highest BCUT2D eigenvalue weighted by Crippen LogP contribution is 2.41. The van der Waals surface area contributed by atoms with Gasteiger partial charge in [-0.1, -0.05) is 41.5 Å². The lowest BCUT2D eigenvalue weighted by atomic mass is 9.81. The van der Waals surface area contributed by atoms with Crippen molar-refractivity contribution in [2.75, 3.05) is 67.1 Å². The van der Waals surface area contributed by atoms with Crippen LogP contribution in [-0.4, -0.2) is 67.1 Å². The van der Waals surface area contributed by atoms with Crippen molar-refractivity contribution < 1.29 is 28.4 Å². The molecule has 0 aliphatic rings. The fourth-order valence-electron chi connectivity index (χ4n) is 2.88. The highest BCUT2D eigenvalue weighted by Gasteiger charge is 2.26. The molecule has 0 bridgehead atoms. The van der Waals surface area contributed by atoms with Crippen molar-refractivity contribution in [3.05, 3.63) is 23.3 Å². The molecular weight excluding hydrogens is 384 g/mol. The molecule has 0 aliphatic carbocycles. The van der Waals surface area contributed by atoms with E-state index in [9.17, 15) is 0 Å². The Bertz CT molecular complexity index is 547. The summed E-state index contributed by atoms with van der Waals surface area (Å²) in [5.41, 5.74) is 2.05. The Hall–Kier alpha value is -1.34. The minimum Gasteiger partial charge on any atom is -0.491 e. The third-order valence-electron chi connectivity index (χ3n) is 4.53. The Morgan fingerprint density at radius 2 is 0.867 bits per heavy atom. The van der Waals surface area contributed by atoms with Gasteiger partial charge in [0.25, 0.3) is 0 Å². The predicted molar refractivity (Wildman–Crippen MR) is 120 cm³/mol. The van der Waals surface area contributed by atoms with Gasteiger partial charge < -0.3 is 28.4 Å². The Morgan fingerprint density at radius 1 is 0.533 bits per heavy atom. The van der Waals surface area contributed by atoms with Crippen molar-refractivity contribution in [2.24, 2.45) is 0 Å². The minimum absolute atomic E-state index is 0.0876. The Balaban J connectivity index is 2.96. The molecule has 0 aromatic heterocycles. The van der Waals surface area contributed by atoms with E-state index in [2.05, 4.69) is 53.7 Å². The molecule has 0 heterocycles. The Kier molecular flexibility index (Phi) is 11.7. The van der Waals surface area contributed by atoms with E-state index in [4.69, 9.17) is 28.4 Å². The van der Waals surface area contributed by atoms with E-state index in [0.29, 0.717) is 52.9 Å². The van der Waals surface area contributed by atoms with Crippen LogP contribution in [0.2, 0.25) is 0 Å². The van der Waals surface area contributed by atoms with Crippen LogP contribution >= 0.6 is 0 Å². The molecule has 0 atom stereocenters. The molecule has 0 amide bonds. The lowest BCUT2D eigenvalue weighted by Gasteiger charge is -2.29. The molecule has 30 heavy (non-hydrogen) atoms. The Morgan fingerprint density at radius 3 is 1.17 bits per heavy atom. The molecule has 0 N–H and O–H groups in total. The molecule has 6 heteroatoms. The Labute approximate surface area is 183 Å². The second-order valence-electron chi connectivity index (χ2n) is 9.25. The lowest BCUT2D eigenvalue weighted by Crippen LogP contribution is -2.20. The van der Waals surface area contributed by atoms with Crippen LogP contribution in [0.25, 0.3) is 0 Å². The fourth-order valence-corrected chi connectivity index (χ4v) is 2.88. The largest absolute Gasteiger partial charge is 0.491 e. The van der Waals surface area contributed by atoms with Crippen molar-refractivity contribution in [2.45, 2.75) is 52.4 Å². The number of ether oxygens (including phenoxy) is 6. The third-order valence-corrected chi connectivity index (χ3v) is 4.53. The zero-order chi connectivity index (χ0) is 22.6. The van der Waals surface area contributed by atoms with Crippen molar-refractivity contribution >= 4 is 0 Å². The van der Waals surface area contributed by atoms with Gasteiger partial charge in [0, 0.05) is 25.3 Å². The topological polar surface area (TPSA) is 55.4 Å². The first-order valence-electron chi connectivity index (χ1n) is 10.7. The van der Waals surface area contributed by atoms with Crippen molar-refractivity contribution in [3.63, 3.8) is 0 Å². The monoisotopic (exact) mass is 426 g/mol. The molecule has 0 aliphatic heterocycles. The summed E-state index contributed by atoms with van der Waals surface area (Å²) in [5.74, 6) is 1.76. The van der Waals surface area contributed by atoms with Crippen LogP contribution in [0.4, 0.5) is 0 Å². The standard InChI is InChI=1S/C24H42O6/c1-23(2,3)19-17-22(30-16-14-28-12-10-26-8)20(24(4,5)6)18-21(19)29-15-13-27-11-9-25-7/h17-18H,9-16H2,1-8H3. The van der Waals surface area contributed by atoms with E-state index in [1.807, 2.05) is 0 Å². The van der Waals surface area contributed by atoms with Gasteiger partial charge in [-0.25, -0.2) is 0 Å². The molecule has 0 saturated carbocycles. The van der Waals surface area contributed by atoms with E-state index in [0.717, 1.165) is 22.6 Å². The summed E-state index contributed by atoms with van der Waals surface area (Å²) < 4.78 is 33.4. The van der Waals surface area contributed by atoms with Gasteiger partial charge in [-0.3, -0.25) is 0 Å². The first-order valence-corrected chi connectivity index (χ1v) is 10.7. The van der Waals surface area contributed by atoms with Gasteiger partial charge in [0.2, 0.25) is 0 Å². The van der Waals surface area contributed by atoms with E-state index in [1.165, 1.54) is 0 Å². The van der Waals surface area contributed by atoms with Crippen LogP contribution in [0.3, 0.4) is 0 Å². The summed E-state index contributed by atoms with van der Waals surface area (Å²) in [5, 5.41) is 0. The summed E-state index contributed by atoms with van der Waals surface area (Å²) in [4.78, 5) is 0. The number of hydrogen-bond donors (Lipinski definition) is 0. The lowest BCUT2D eigenvalue weighted by molar-refractivity contribution is 0.0533. The van der Waals surface area contributed by atoms with Gasteiger partial charge in [-0.15, -0.1) is 0 Å². The summed E-state index contributed by atoms with van der Waals surface area (Å²) in [7, 11) is 3.33. The smallest absolute Gasteiger partial charge is 0.123 e. The van der Waals surface area contributed by atoms with Crippen LogP contribution < -0.4 is 9.47 Å². The maximum Gasteiger partial charge on any atom is 0.123 e. The van der Waals surface area contributed by atoms with E-state index in [-0.39, 0.29) is 10.8 Å². The van der Waals surface area contributed by atoms with E-state index >= 15 is 0 Å². The van der Waals surface area contributed by atoms with Crippen molar-refractivity contribution in [1.29, 1.82) is 0 Å². The predicted octanol–water partition coefficient (Wildman–Crippen LogP) is 4.37. The molecule has 0 spiro atoms. The van der Waals surface area contributed by atoms with Crippen molar-refractivity contribution in [1.82, 2.24) is 0 Å². The molecule has 1 aromatic carbocycles. The zero-order valence-electron chi connectivity index (χ0n) is 20.3. The molecule has 1 aromatic rings. The molecular formula is C24H42O6. The molecule has 0 radical (unpaired) electrons. The molecule has 1 rings (SSSR count). The maximum atomic E-state index is 6.14. The third kappa shape index (κ3) is 9.65. The molecule has 174 valence electrons. The van der Waals surface area contributed by atoms with Gasteiger partial charge in [0.1, 0.15) is 24.7 Å². The molecule has 0 unspecified atom stereocenters. The maximum absolute atomic E-state index is 6.14. The average molecular weight is 427 g/mol. The highest BCUT2D eigenvalue weighted by molar-refractivity contribution is 5.51. The average Bonchev–Trinajstić information content (AvgIpc) is 2.66. The fraction of sp³-hybridized carbons (Fsp3) is 0.750. The second kappa shape index (κ2) is 13.2. The minimum atomic E-state index is -0.0876. The van der Waals surface area contributed by atoms with Gasteiger partial charge in [-0.2, -0.15) is 0 Å². The van der Waals surface area contributed by atoms with Crippen LogP contribution in [0, 0.1) is 0 Å². The first-order chi connectivity index (χ1) is 14.1. The van der Waals surface area contributed by atoms with Crippen LogP contribution in [0.5, 0.6) is 11.5 Å². The van der Waals surface area contributed by atoms with E-state index < -0.39 is 0 Å². The van der Waals surface area contributed by atoms with Gasteiger partial charge in [-0.05, 0) is 23.0 Å². The first kappa shape index (κ1) is 26.7. The van der Waals surface area contributed by atoms with Crippen LogP contribution in [0.1, 0.15) is 52.7 Å². The summed E-state index contributed by atoms with van der Waals surface area (Å²) in [6.07, 6.45) is 0. The van der Waals surface area contributed by atoms with Gasteiger partial charge >= 0.3 is 0 Å². The molecule has 0 fully saturated rings. The number of benzene rings is 1. The van der Waals surface area contributed by atoms with Gasteiger partial charge in [0.15, 0.2) is 0 Å². The zero-order valence-corrected chi connectivity index (χ0v) is 20.3. The number of methoxy groups -OCH3 is 2. The van der Waals surface area contributed by atoms with E-state index in [1.54, 1.807) is 14.2 Å². The SMILES string of the molecule is COCCOCCOc1cc(C(C)(C)C)c(OCCOCCOC)cc1C(C)(C)C. The number of hydrogen-bond acceptors (Lipinski definition) is 6. The normalized spacial score (nSPS) is 12.3. The summed E-state index contributed by atoms with van der Waals surface area (Å²) in [6, 6.07) is 4.24. The van der Waals surface area contributed by atoms with Crippen LogP contribution in [-0.2, 0) is 29.8 Å². The van der Waals surface area contributed by atoms with Crippen LogP contribution in [0.15, 0.2) is 12.1 Å². The summed E-state index contributed by atoms with van der Waals surface area (Å²) >= 11 is 0. The highest BCUT2D eigenvalue weighted by atomic mass is 16.5. The number of rotatable bonds is 14. The quantitative estimate of drug-likeness (QED) is 0.412. The van der Waals surface area contributed by atoms with Gasteiger partial charge in [0.05, 0.1) is 39.6 Å². The van der Waals surface area contributed by atoms with Crippen molar-refractivity contribution in [3.8, 4) is 11.5 Å². The molecule has 0 saturated heterocycles. The summed E-state index contributed by atoms with van der Waals surface area (Å²) in [6.45, 7) is 17.4. The second-order valence-corrected chi connectivity index (χ2v) is 9.25. The molecule has 6 nitrogen and oxygen atoms in total.